The summed E-state index contributed by atoms with van der Waals surface area (Å²) in [6.07, 6.45) is 9.68. The highest BCUT2D eigenvalue weighted by molar-refractivity contribution is 8.00. The topological polar surface area (TPSA) is 57.5 Å². The average molecular weight is 280 g/mol. The Labute approximate surface area is 114 Å². The Hall–Kier alpha value is 0.130. The SMILES string of the molecule is O=C(O)C(O)SCCCCCCCCCCS. The lowest BCUT2D eigenvalue weighted by Gasteiger charge is -2.05. The summed E-state index contributed by atoms with van der Waals surface area (Å²) in [5.74, 6) is 0.579. The fourth-order valence-electron chi connectivity index (χ4n) is 1.54. The summed E-state index contributed by atoms with van der Waals surface area (Å²) >= 11 is 5.28. The number of thiol groups is 1. The Balaban J connectivity index is 3.06. The van der Waals surface area contributed by atoms with Gasteiger partial charge in [-0.15, -0.1) is 11.8 Å². The molecule has 3 nitrogen and oxygen atoms in total. The number of carboxylic acid groups (broad SMARTS) is 1. The molecule has 1 atom stereocenters. The van der Waals surface area contributed by atoms with E-state index in [0.717, 1.165) is 36.1 Å². The van der Waals surface area contributed by atoms with E-state index in [9.17, 15) is 4.79 Å². The van der Waals surface area contributed by atoms with E-state index >= 15 is 0 Å². The molecule has 0 aliphatic rings. The minimum Gasteiger partial charge on any atom is -0.479 e. The molecule has 0 aromatic rings. The number of aliphatic carboxylic acids is 1. The molecule has 0 spiro atoms. The van der Waals surface area contributed by atoms with Gasteiger partial charge < -0.3 is 10.2 Å². The monoisotopic (exact) mass is 280 g/mol. The third kappa shape index (κ3) is 12.4. The van der Waals surface area contributed by atoms with Crippen LogP contribution in [0.1, 0.15) is 51.4 Å². The van der Waals surface area contributed by atoms with Crippen molar-refractivity contribution in [2.24, 2.45) is 0 Å². The Kier molecular flexibility index (Phi) is 12.7. The van der Waals surface area contributed by atoms with Crippen molar-refractivity contribution in [1.29, 1.82) is 0 Å². The Morgan fingerprint density at radius 3 is 1.94 bits per heavy atom. The predicted octanol–water partition coefficient (Wildman–Crippen LogP) is 3.17. The summed E-state index contributed by atoms with van der Waals surface area (Å²) in [6.45, 7) is 0. The lowest BCUT2D eigenvalue weighted by molar-refractivity contribution is -0.141. The number of hydrogen-bond donors (Lipinski definition) is 3. The minimum absolute atomic E-state index is 0.729. The van der Waals surface area contributed by atoms with Crippen LogP contribution in [0.25, 0.3) is 0 Å². The normalized spacial score (nSPS) is 12.6. The quantitative estimate of drug-likeness (QED) is 0.292. The van der Waals surface area contributed by atoms with Crippen LogP contribution in [0.2, 0.25) is 0 Å². The third-order valence-corrected chi connectivity index (χ3v) is 3.90. The van der Waals surface area contributed by atoms with Gasteiger partial charge in [0, 0.05) is 0 Å². The average Bonchev–Trinajstić information content (AvgIpc) is 2.31. The van der Waals surface area contributed by atoms with Crippen molar-refractivity contribution in [3.05, 3.63) is 0 Å². The first-order valence-electron chi connectivity index (χ1n) is 6.32. The molecule has 17 heavy (non-hydrogen) atoms. The van der Waals surface area contributed by atoms with Crippen LogP contribution in [0.3, 0.4) is 0 Å². The molecule has 0 aliphatic heterocycles. The van der Waals surface area contributed by atoms with E-state index < -0.39 is 11.4 Å². The van der Waals surface area contributed by atoms with E-state index in [-0.39, 0.29) is 0 Å². The highest BCUT2D eigenvalue weighted by atomic mass is 32.2. The predicted molar refractivity (Wildman–Crippen MR) is 76.9 cm³/mol. The number of thioether (sulfide) groups is 1. The Morgan fingerprint density at radius 2 is 1.47 bits per heavy atom. The summed E-state index contributed by atoms with van der Waals surface area (Å²) in [4.78, 5) is 10.3. The molecule has 0 aliphatic carbocycles. The van der Waals surface area contributed by atoms with Gasteiger partial charge in [0.25, 0.3) is 0 Å². The van der Waals surface area contributed by atoms with Crippen molar-refractivity contribution in [2.75, 3.05) is 11.5 Å². The van der Waals surface area contributed by atoms with Gasteiger partial charge in [0.2, 0.25) is 0 Å². The summed E-state index contributed by atoms with van der Waals surface area (Å²) in [5, 5.41) is 17.5. The lowest BCUT2D eigenvalue weighted by Crippen LogP contribution is -2.15. The highest BCUT2D eigenvalue weighted by Gasteiger charge is 2.11. The largest absolute Gasteiger partial charge is 0.479 e. The van der Waals surface area contributed by atoms with Crippen LogP contribution in [-0.4, -0.2) is 33.1 Å². The summed E-state index contributed by atoms with van der Waals surface area (Å²) in [7, 11) is 0. The molecule has 1 unspecified atom stereocenters. The van der Waals surface area contributed by atoms with Gasteiger partial charge in [-0.1, -0.05) is 38.5 Å². The molecule has 0 amide bonds. The van der Waals surface area contributed by atoms with Gasteiger partial charge in [-0.3, -0.25) is 0 Å². The molecule has 5 heteroatoms. The van der Waals surface area contributed by atoms with Crippen LogP contribution in [0.15, 0.2) is 0 Å². The van der Waals surface area contributed by atoms with Gasteiger partial charge in [0.05, 0.1) is 0 Å². The molecule has 102 valence electrons. The fourth-order valence-corrected chi connectivity index (χ4v) is 2.50. The lowest BCUT2D eigenvalue weighted by atomic mass is 10.1. The molecule has 0 bridgehead atoms. The van der Waals surface area contributed by atoms with Crippen LogP contribution in [0, 0.1) is 0 Å². The van der Waals surface area contributed by atoms with E-state index in [2.05, 4.69) is 12.6 Å². The molecule has 0 saturated carbocycles. The second-order valence-corrected chi connectivity index (χ2v) is 5.75. The van der Waals surface area contributed by atoms with Crippen LogP contribution in [0.4, 0.5) is 0 Å². The van der Waals surface area contributed by atoms with E-state index in [1.165, 1.54) is 38.5 Å². The molecule has 2 N–H and O–H groups in total. The Bertz CT molecular complexity index is 189. The van der Waals surface area contributed by atoms with Crippen molar-refractivity contribution < 1.29 is 15.0 Å². The zero-order chi connectivity index (χ0) is 12.9. The van der Waals surface area contributed by atoms with Crippen LogP contribution in [-0.2, 0) is 4.79 Å². The Morgan fingerprint density at radius 1 is 1.00 bits per heavy atom. The number of aliphatic hydroxyl groups excluding tert-OH is 1. The molecule has 0 fully saturated rings. The molecule has 0 aromatic heterocycles. The first kappa shape index (κ1) is 17.1. The smallest absolute Gasteiger partial charge is 0.343 e. The molecular weight excluding hydrogens is 256 g/mol. The number of aliphatic hydroxyl groups is 1. The number of unbranched alkanes of at least 4 members (excludes halogenated alkanes) is 7. The molecule has 0 rings (SSSR count). The van der Waals surface area contributed by atoms with E-state index in [4.69, 9.17) is 10.2 Å². The van der Waals surface area contributed by atoms with Crippen LogP contribution < -0.4 is 0 Å². The maximum atomic E-state index is 10.3. The van der Waals surface area contributed by atoms with Crippen molar-refractivity contribution in [3.63, 3.8) is 0 Å². The first-order chi connectivity index (χ1) is 8.18. The summed E-state index contributed by atoms with van der Waals surface area (Å²) in [5.41, 5.74) is -1.25. The number of hydrogen-bond acceptors (Lipinski definition) is 4. The molecule has 0 radical (unpaired) electrons. The van der Waals surface area contributed by atoms with Gasteiger partial charge in [0.15, 0.2) is 5.44 Å². The number of carbonyl (C=O) groups is 1. The van der Waals surface area contributed by atoms with Gasteiger partial charge in [-0.2, -0.15) is 12.6 Å². The van der Waals surface area contributed by atoms with Gasteiger partial charge >= 0.3 is 5.97 Å². The summed E-state index contributed by atoms with van der Waals surface area (Å²) < 4.78 is 0. The highest BCUT2D eigenvalue weighted by Crippen LogP contribution is 2.14. The second kappa shape index (κ2) is 12.6. The van der Waals surface area contributed by atoms with Crippen LogP contribution >= 0.6 is 24.4 Å². The van der Waals surface area contributed by atoms with Gasteiger partial charge in [-0.25, -0.2) is 4.79 Å². The number of rotatable bonds is 12. The standard InChI is InChI=1S/C12H24O3S2/c13-11(14)12(15)17-10-8-6-4-2-1-3-5-7-9-16/h12,15-16H,1-10H2,(H,13,14). The third-order valence-electron chi connectivity index (χ3n) is 2.54. The van der Waals surface area contributed by atoms with Crippen LogP contribution in [0.5, 0.6) is 0 Å². The van der Waals surface area contributed by atoms with Crippen molar-refractivity contribution >= 4 is 30.4 Å². The first-order valence-corrected chi connectivity index (χ1v) is 8.00. The zero-order valence-corrected chi connectivity index (χ0v) is 12.0. The van der Waals surface area contributed by atoms with E-state index in [0.29, 0.717) is 0 Å². The van der Waals surface area contributed by atoms with E-state index in [1.54, 1.807) is 0 Å². The summed E-state index contributed by atoms with van der Waals surface area (Å²) in [6, 6.07) is 0. The molecule has 0 heterocycles. The maximum Gasteiger partial charge on any atom is 0.343 e. The maximum absolute atomic E-state index is 10.3. The van der Waals surface area contributed by atoms with E-state index in [1.807, 2.05) is 0 Å². The number of carboxylic acids is 1. The fraction of sp³-hybridized carbons (Fsp3) is 0.917. The molecule has 0 saturated heterocycles. The van der Waals surface area contributed by atoms with Gasteiger partial charge in [0.1, 0.15) is 0 Å². The van der Waals surface area contributed by atoms with Crippen molar-refractivity contribution in [2.45, 2.75) is 56.8 Å². The molecular formula is C12H24O3S2. The molecule has 0 aromatic carbocycles. The van der Waals surface area contributed by atoms with Crippen molar-refractivity contribution in [1.82, 2.24) is 0 Å². The van der Waals surface area contributed by atoms with Gasteiger partial charge in [-0.05, 0) is 24.3 Å². The minimum atomic E-state index is -1.25. The van der Waals surface area contributed by atoms with Crippen molar-refractivity contribution in [3.8, 4) is 0 Å². The zero-order valence-electron chi connectivity index (χ0n) is 10.3. The second-order valence-electron chi connectivity index (χ2n) is 4.11.